The quantitative estimate of drug-likeness (QED) is 0.646. The van der Waals surface area contributed by atoms with Crippen LogP contribution in [0.5, 0.6) is 11.5 Å². The van der Waals surface area contributed by atoms with Crippen LogP contribution in [-0.2, 0) is 21.4 Å². The van der Waals surface area contributed by atoms with Crippen LogP contribution in [0, 0.1) is 0 Å². The molecule has 0 bridgehead atoms. The minimum Gasteiger partial charge on any atom is -0.454 e. The van der Waals surface area contributed by atoms with E-state index in [2.05, 4.69) is 5.32 Å². The number of carbonyl (C=O) groups excluding carboxylic acids is 1. The molecule has 27 heavy (non-hydrogen) atoms. The second kappa shape index (κ2) is 7.55. The van der Waals surface area contributed by atoms with Crippen LogP contribution in [0.2, 0.25) is 0 Å². The van der Waals surface area contributed by atoms with E-state index in [1.807, 2.05) is 32.2 Å². The van der Waals surface area contributed by atoms with Gasteiger partial charge in [0, 0.05) is 11.3 Å². The molecule has 0 aromatic heterocycles. The lowest BCUT2D eigenvalue weighted by atomic mass is 10.1. The molecule has 1 aliphatic heterocycles. The number of primary sulfonamides is 1. The van der Waals surface area contributed by atoms with Crippen molar-refractivity contribution in [3.8, 4) is 11.5 Å². The predicted octanol–water partition coefficient (Wildman–Crippen LogP) is 0.105. The van der Waals surface area contributed by atoms with Crippen molar-refractivity contribution >= 4 is 21.6 Å². The monoisotopic (exact) mass is 392 g/mol. The number of fused-ring (bicyclic) bond motifs is 1. The maximum absolute atomic E-state index is 12.5. The topological polar surface area (TPSA) is 112 Å². The molecule has 2 aromatic carbocycles. The van der Waals surface area contributed by atoms with E-state index in [9.17, 15) is 13.2 Å². The van der Waals surface area contributed by atoms with E-state index >= 15 is 0 Å². The molecule has 0 saturated carbocycles. The number of amides is 1. The zero-order chi connectivity index (χ0) is 19.6. The summed E-state index contributed by atoms with van der Waals surface area (Å²) in [7, 11) is -1.82. The first kappa shape index (κ1) is 19.2. The summed E-state index contributed by atoms with van der Waals surface area (Å²) in [6, 6.07) is 11.2. The molecule has 0 aliphatic carbocycles. The molecule has 2 atom stereocenters. The van der Waals surface area contributed by atoms with Gasteiger partial charge in [-0.1, -0.05) is 0 Å². The van der Waals surface area contributed by atoms with E-state index in [1.165, 1.54) is 24.3 Å². The van der Waals surface area contributed by atoms with Gasteiger partial charge in [0.15, 0.2) is 17.5 Å². The Balaban J connectivity index is 1.61. The number of quaternary nitrogens is 1. The third-order valence-electron chi connectivity index (χ3n) is 4.50. The number of hydrogen-bond acceptors (Lipinski definition) is 5. The van der Waals surface area contributed by atoms with Gasteiger partial charge in [0.2, 0.25) is 16.8 Å². The second-order valence-corrected chi connectivity index (χ2v) is 8.05. The van der Waals surface area contributed by atoms with Crippen LogP contribution in [0.4, 0.5) is 5.69 Å². The summed E-state index contributed by atoms with van der Waals surface area (Å²) in [5.74, 6) is 1.27. The summed E-state index contributed by atoms with van der Waals surface area (Å²) in [6.45, 7) is 2.69. The summed E-state index contributed by atoms with van der Waals surface area (Å²) >= 11 is 0. The van der Waals surface area contributed by atoms with E-state index in [0.717, 1.165) is 16.2 Å². The Morgan fingerprint density at radius 3 is 2.52 bits per heavy atom. The van der Waals surface area contributed by atoms with Gasteiger partial charge in [-0.25, -0.2) is 13.6 Å². The lowest BCUT2D eigenvalue weighted by Gasteiger charge is -2.21. The number of hydrogen-bond donors (Lipinski definition) is 3. The highest BCUT2D eigenvalue weighted by molar-refractivity contribution is 7.89. The van der Waals surface area contributed by atoms with Gasteiger partial charge < -0.3 is 19.7 Å². The Kier molecular flexibility index (Phi) is 5.36. The Morgan fingerprint density at radius 2 is 1.85 bits per heavy atom. The molecule has 0 spiro atoms. The number of benzene rings is 2. The SMILES string of the molecule is C[C@@H](C(=O)Nc1ccc(S(N)(=O)=O)cc1)[NH+](C)Cc1ccc2c(c1)OCO2. The molecule has 0 radical (unpaired) electrons. The second-order valence-electron chi connectivity index (χ2n) is 6.49. The normalized spacial score (nSPS) is 15.2. The number of carbonyl (C=O) groups is 1. The van der Waals surface area contributed by atoms with Crippen molar-refractivity contribution in [2.75, 3.05) is 19.2 Å². The Labute approximate surface area is 157 Å². The van der Waals surface area contributed by atoms with Crippen molar-refractivity contribution in [2.45, 2.75) is 24.4 Å². The number of ether oxygens (including phenoxy) is 2. The van der Waals surface area contributed by atoms with E-state index in [4.69, 9.17) is 14.6 Å². The van der Waals surface area contributed by atoms with Crippen molar-refractivity contribution in [3.63, 3.8) is 0 Å². The van der Waals surface area contributed by atoms with Crippen LogP contribution in [0.15, 0.2) is 47.4 Å². The Bertz CT molecular complexity index is 944. The van der Waals surface area contributed by atoms with Crippen molar-refractivity contribution in [1.82, 2.24) is 0 Å². The fraction of sp³-hybridized carbons (Fsp3) is 0.278. The molecular formula is C18H22N3O5S+. The highest BCUT2D eigenvalue weighted by Crippen LogP contribution is 2.32. The number of nitrogens with one attached hydrogen (secondary N) is 2. The number of sulfonamides is 1. The van der Waals surface area contributed by atoms with E-state index in [1.54, 1.807) is 0 Å². The zero-order valence-electron chi connectivity index (χ0n) is 15.1. The van der Waals surface area contributed by atoms with E-state index < -0.39 is 10.0 Å². The lowest BCUT2D eigenvalue weighted by Crippen LogP contribution is -3.12. The summed E-state index contributed by atoms with van der Waals surface area (Å²) in [6.07, 6.45) is 0. The van der Waals surface area contributed by atoms with E-state index in [0.29, 0.717) is 18.0 Å². The van der Waals surface area contributed by atoms with Gasteiger partial charge in [0.25, 0.3) is 5.91 Å². The largest absolute Gasteiger partial charge is 0.454 e. The molecule has 1 amide bonds. The zero-order valence-corrected chi connectivity index (χ0v) is 15.9. The summed E-state index contributed by atoms with van der Waals surface area (Å²) < 4.78 is 33.2. The van der Waals surface area contributed by atoms with Crippen molar-refractivity contribution in [2.24, 2.45) is 5.14 Å². The average molecular weight is 392 g/mol. The predicted molar refractivity (Wildman–Crippen MR) is 99.1 cm³/mol. The van der Waals surface area contributed by atoms with Crippen LogP contribution < -0.4 is 24.8 Å². The average Bonchev–Trinajstić information content (AvgIpc) is 3.08. The third kappa shape index (κ3) is 4.57. The number of rotatable bonds is 6. The molecule has 8 nitrogen and oxygen atoms in total. The van der Waals surface area contributed by atoms with Gasteiger partial charge in [-0.2, -0.15) is 0 Å². The van der Waals surface area contributed by atoms with Crippen molar-refractivity contribution in [1.29, 1.82) is 0 Å². The maximum atomic E-state index is 12.5. The smallest absolute Gasteiger partial charge is 0.282 e. The summed E-state index contributed by atoms with van der Waals surface area (Å²) in [5, 5.41) is 7.86. The molecule has 3 rings (SSSR count). The molecule has 1 aliphatic rings. The minimum atomic E-state index is -3.75. The first-order valence-electron chi connectivity index (χ1n) is 8.38. The standard InChI is InChI=1S/C18H21N3O5S/c1-12(18(22)20-14-4-6-15(7-5-14)27(19,23)24)21(2)10-13-3-8-16-17(9-13)26-11-25-16/h3-9,12H,10-11H2,1-2H3,(H,20,22)(H2,19,23,24)/p+1/t12-/m0/s1. The minimum absolute atomic E-state index is 0.000835. The first-order valence-corrected chi connectivity index (χ1v) is 9.93. The molecule has 1 unspecified atom stereocenters. The summed E-state index contributed by atoms with van der Waals surface area (Å²) in [4.78, 5) is 13.5. The van der Waals surface area contributed by atoms with Crippen LogP contribution in [0.3, 0.4) is 0 Å². The van der Waals surface area contributed by atoms with Gasteiger partial charge >= 0.3 is 0 Å². The molecule has 2 aromatic rings. The van der Waals surface area contributed by atoms with Crippen molar-refractivity contribution < 1.29 is 27.6 Å². The lowest BCUT2D eigenvalue weighted by molar-refractivity contribution is -0.907. The van der Waals surface area contributed by atoms with Gasteiger partial charge in [0.05, 0.1) is 11.9 Å². The molecular weight excluding hydrogens is 370 g/mol. The molecule has 144 valence electrons. The maximum Gasteiger partial charge on any atom is 0.282 e. The van der Waals surface area contributed by atoms with Crippen molar-refractivity contribution in [3.05, 3.63) is 48.0 Å². The third-order valence-corrected chi connectivity index (χ3v) is 5.43. The van der Waals surface area contributed by atoms with Crippen LogP contribution >= 0.6 is 0 Å². The fourth-order valence-electron chi connectivity index (χ4n) is 2.73. The number of likely N-dealkylation sites (N-methyl/N-ethyl adjacent to an activating group) is 1. The fourth-order valence-corrected chi connectivity index (χ4v) is 3.24. The highest BCUT2D eigenvalue weighted by atomic mass is 32.2. The number of nitrogens with two attached hydrogens (primary N) is 1. The van der Waals surface area contributed by atoms with E-state index in [-0.39, 0.29) is 23.6 Å². The molecule has 1 heterocycles. The molecule has 0 fully saturated rings. The molecule has 0 saturated heterocycles. The van der Waals surface area contributed by atoms with Gasteiger partial charge in [-0.05, 0) is 49.4 Å². The van der Waals surface area contributed by atoms with Crippen LogP contribution in [0.25, 0.3) is 0 Å². The Morgan fingerprint density at radius 1 is 1.19 bits per heavy atom. The number of anilines is 1. The van der Waals surface area contributed by atoms with Gasteiger partial charge in [-0.15, -0.1) is 0 Å². The van der Waals surface area contributed by atoms with Crippen LogP contribution in [-0.4, -0.2) is 34.2 Å². The molecule has 9 heteroatoms. The Hall–Kier alpha value is -2.62. The van der Waals surface area contributed by atoms with Gasteiger partial charge in [-0.3, -0.25) is 4.79 Å². The van der Waals surface area contributed by atoms with Crippen LogP contribution in [0.1, 0.15) is 12.5 Å². The first-order chi connectivity index (χ1) is 12.7. The van der Waals surface area contributed by atoms with Gasteiger partial charge in [0.1, 0.15) is 6.54 Å². The summed E-state index contributed by atoms with van der Waals surface area (Å²) in [5.41, 5.74) is 1.55. The highest BCUT2D eigenvalue weighted by Gasteiger charge is 2.23. The molecule has 4 N–H and O–H groups in total.